The second-order valence-corrected chi connectivity index (χ2v) is 6.80. The zero-order valence-electron chi connectivity index (χ0n) is 14.3. The van der Waals surface area contributed by atoms with Gasteiger partial charge in [0.15, 0.2) is 0 Å². The van der Waals surface area contributed by atoms with Gasteiger partial charge in [-0.05, 0) is 30.5 Å². The van der Waals surface area contributed by atoms with Gasteiger partial charge in [-0.1, -0.05) is 31.5 Å². The predicted octanol–water partition coefficient (Wildman–Crippen LogP) is 0.661. The van der Waals surface area contributed by atoms with Crippen LogP contribution in [0.4, 0.5) is 5.69 Å². The minimum atomic E-state index is -0.667. The molecule has 0 aliphatic carbocycles. The number of benzene rings is 1. The Bertz CT molecular complexity index is 665. The van der Waals surface area contributed by atoms with E-state index in [1.807, 2.05) is 13.8 Å². The Labute approximate surface area is 151 Å². The summed E-state index contributed by atoms with van der Waals surface area (Å²) in [6, 6.07) is 5.72. The first-order chi connectivity index (χ1) is 11.8. The number of carbonyl (C=O) groups excluding carboxylic acids is 3. The van der Waals surface area contributed by atoms with Gasteiger partial charge in [-0.15, -0.1) is 0 Å². The lowest BCUT2D eigenvalue weighted by molar-refractivity contribution is -0.128. The van der Waals surface area contributed by atoms with Crippen LogP contribution >= 0.6 is 11.6 Å². The molecule has 4 N–H and O–H groups in total. The van der Waals surface area contributed by atoms with Crippen LogP contribution in [0.15, 0.2) is 24.3 Å². The molecule has 7 nitrogen and oxygen atoms in total. The van der Waals surface area contributed by atoms with E-state index in [1.54, 1.807) is 29.2 Å². The fraction of sp³-hybridized carbons (Fsp3) is 0.471. The maximum Gasteiger partial charge on any atom is 0.249 e. The average Bonchev–Trinajstić information content (AvgIpc) is 2.92. The van der Waals surface area contributed by atoms with Crippen LogP contribution in [0.3, 0.4) is 0 Å². The standard InChI is InChI=1S/C17H23ClN4O3/c1-10(2)15(19)16(24)20-9-14(23)21-13-6-7-22(17(13)25)12-5-3-4-11(18)8-12/h3-5,8,10,13,15H,6-7,9,19H2,1-2H3,(H,20,24)(H,21,23)/t13?,15-/m0/s1. The van der Waals surface area contributed by atoms with Crippen LogP contribution in [0.1, 0.15) is 20.3 Å². The van der Waals surface area contributed by atoms with Crippen molar-refractivity contribution in [2.75, 3.05) is 18.0 Å². The Morgan fingerprint density at radius 1 is 1.40 bits per heavy atom. The molecule has 1 saturated heterocycles. The quantitative estimate of drug-likeness (QED) is 0.687. The molecular weight excluding hydrogens is 344 g/mol. The van der Waals surface area contributed by atoms with Crippen molar-refractivity contribution < 1.29 is 14.4 Å². The molecule has 3 amide bonds. The zero-order valence-corrected chi connectivity index (χ0v) is 15.0. The van der Waals surface area contributed by atoms with E-state index in [4.69, 9.17) is 17.3 Å². The lowest BCUT2D eigenvalue weighted by atomic mass is 10.1. The normalized spacial score (nSPS) is 18.4. The van der Waals surface area contributed by atoms with Gasteiger partial charge in [0.25, 0.3) is 0 Å². The predicted molar refractivity (Wildman–Crippen MR) is 96.2 cm³/mol. The first-order valence-electron chi connectivity index (χ1n) is 8.19. The van der Waals surface area contributed by atoms with E-state index in [9.17, 15) is 14.4 Å². The molecule has 0 aromatic heterocycles. The van der Waals surface area contributed by atoms with E-state index in [1.165, 1.54) is 0 Å². The van der Waals surface area contributed by atoms with Gasteiger partial charge in [0.2, 0.25) is 17.7 Å². The maximum atomic E-state index is 12.4. The SMILES string of the molecule is CC(C)[C@H](N)C(=O)NCC(=O)NC1CCN(c2cccc(Cl)c2)C1=O. The number of carbonyl (C=O) groups is 3. The topological polar surface area (TPSA) is 105 Å². The number of nitrogens with one attached hydrogen (secondary N) is 2. The second-order valence-electron chi connectivity index (χ2n) is 6.37. The zero-order chi connectivity index (χ0) is 18.6. The van der Waals surface area contributed by atoms with Gasteiger partial charge in [-0.2, -0.15) is 0 Å². The molecule has 0 radical (unpaired) electrons. The molecule has 1 aromatic carbocycles. The van der Waals surface area contributed by atoms with E-state index in [0.717, 1.165) is 0 Å². The Kier molecular flexibility index (Phi) is 6.39. The number of hydrogen-bond donors (Lipinski definition) is 3. The highest BCUT2D eigenvalue weighted by Crippen LogP contribution is 2.24. The smallest absolute Gasteiger partial charge is 0.249 e. The van der Waals surface area contributed by atoms with Crippen LogP contribution in [0, 0.1) is 5.92 Å². The number of halogens is 1. The third-order valence-corrected chi connectivity index (χ3v) is 4.34. The summed E-state index contributed by atoms with van der Waals surface area (Å²) in [4.78, 5) is 37.8. The van der Waals surface area contributed by atoms with Crippen molar-refractivity contribution in [3.05, 3.63) is 29.3 Å². The van der Waals surface area contributed by atoms with Gasteiger partial charge < -0.3 is 21.3 Å². The molecule has 0 saturated carbocycles. The molecule has 0 spiro atoms. The molecule has 1 aromatic rings. The number of anilines is 1. The summed E-state index contributed by atoms with van der Waals surface area (Å²) in [6.45, 7) is 3.94. The summed E-state index contributed by atoms with van der Waals surface area (Å²) in [5, 5.41) is 5.68. The van der Waals surface area contributed by atoms with Gasteiger partial charge in [0.05, 0.1) is 12.6 Å². The number of rotatable bonds is 6. The molecule has 8 heteroatoms. The monoisotopic (exact) mass is 366 g/mol. The molecule has 0 bridgehead atoms. The van der Waals surface area contributed by atoms with Crippen LogP contribution < -0.4 is 21.3 Å². The third-order valence-electron chi connectivity index (χ3n) is 4.10. The highest BCUT2D eigenvalue weighted by Gasteiger charge is 2.33. The lowest BCUT2D eigenvalue weighted by Gasteiger charge is -2.18. The van der Waals surface area contributed by atoms with Gasteiger partial charge >= 0.3 is 0 Å². The van der Waals surface area contributed by atoms with Crippen molar-refractivity contribution in [1.29, 1.82) is 0 Å². The molecule has 1 heterocycles. The molecule has 2 atom stereocenters. The molecule has 1 fully saturated rings. The Balaban J connectivity index is 1.86. The van der Waals surface area contributed by atoms with Gasteiger partial charge in [0.1, 0.15) is 6.04 Å². The summed E-state index contributed by atoms with van der Waals surface area (Å²) in [6.07, 6.45) is 0.497. The number of hydrogen-bond acceptors (Lipinski definition) is 4. The highest BCUT2D eigenvalue weighted by atomic mass is 35.5. The van der Waals surface area contributed by atoms with Crippen LogP contribution in [-0.4, -0.2) is 42.9 Å². The summed E-state index contributed by atoms with van der Waals surface area (Å²) < 4.78 is 0. The Hall–Kier alpha value is -2.12. The van der Waals surface area contributed by atoms with Crippen molar-refractivity contribution >= 4 is 35.0 Å². The first-order valence-corrected chi connectivity index (χ1v) is 8.57. The molecule has 136 valence electrons. The Morgan fingerprint density at radius 2 is 2.12 bits per heavy atom. The molecular formula is C17H23ClN4O3. The van der Waals surface area contributed by atoms with E-state index < -0.39 is 18.0 Å². The van der Waals surface area contributed by atoms with Crippen molar-refractivity contribution in [3.8, 4) is 0 Å². The fourth-order valence-corrected chi connectivity index (χ4v) is 2.73. The van der Waals surface area contributed by atoms with E-state index >= 15 is 0 Å². The second kappa shape index (κ2) is 8.31. The van der Waals surface area contributed by atoms with E-state index in [-0.39, 0.29) is 24.3 Å². The third kappa shape index (κ3) is 4.93. The lowest BCUT2D eigenvalue weighted by Crippen LogP contribution is -2.49. The minimum absolute atomic E-state index is 0.0225. The van der Waals surface area contributed by atoms with Crippen LogP contribution in [0.25, 0.3) is 0 Å². The van der Waals surface area contributed by atoms with Crippen molar-refractivity contribution in [3.63, 3.8) is 0 Å². The summed E-state index contributed by atoms with van der Waals surface area (Å²) in [7, 11) is 0. The van der Waals surface area contributed by atoms with Gasteiger partial charge in [-0.3, -0.25) is 14.4 Å². The first kappa shape index (κ1) is 19.2. The Morgan fingerprint density at radius 3 is 2.76 bits per heavy atom. The average molecular weight is 367 g/mol. The summed E-state index contributed by atoms with van der Waals surface area (Å²) in [5.41, 5.74) is 6.41. The highest BCUT2D eigenvalue weighted by molar-refractivity contribution is 6.31. The molecule has 1 unspecified atom stereocenters. The van der Waals surface area contributed by atoms with E-state index in [2.05, 4.69) is 10.6 Å². The van der Waals surface area contributed by atoms with Crippen molar-refractivity contribution in [2.24, 2.45) is 11.7 Å². The molecule has 1 aliphatic rings. The summed E-state index contributed by atoms with van der Waals surface area (Å²) in [5.74, 6) is -1.02. The molecule has 2 rings (SSSR count). The molecule has 25 heavy (non-hydrogen) atoms. The van der Waals surface area contributed by atoms with Crippen molar-refractivity contribution in [2.45, 2.75) is 32.4 Å². The number of amides is 3. The number of nitrogens with two attached hydrogens (primary N) is 1. The fourth-order valence-electron chi connectivity index (χ4n) is 2.55. The van der Waals surface area contributed by atoms with Crippen LogP contribution in [-0.2, 0) is 14.4 Å². The van der Waals surface area contributed by atoms with Gasteiger partial charge in [0, 0.05) is 17.3 Å². The molecule has 1 aliphatic heterocycles. The van der Waals surface area contributed by atoms with Crippen LogP contribution in [0.2, 0.25) is 5.02 Å². The maximum absolute atomic E-state index is 12.4. The number of nitrogens with zero attached hydrogens (tertiary/aromatic N) is 1. The van der Waals surface area contributed by atoms with Crippen LogP contribution in [0.5, 0.6) is 0 Å². The summed E-state index contributed by atoms with van der Waals surface area (Å²) >= 11 is 5.95. The van der Waals surface area contributed by atoms with Gasteiger partial charge in [-0.25, -0.2) is 0 Å². The van der Waals surface area contributed by atoms with Crippen molar-refractivity contribution in [1.82, 2.24) is 10.6 Å². The largest absolute Gasteiger partial charge is 0.346 e. The minimum Gasteiger partial charge on any atom is -0.346 e. The van der Waals surface area contributed by atoms with E-state index in [0.29, 0.717) is 23.7 Å².